The van der Waals surface area contributed by atoms with Gasteiger partial charge in [-0.1, -0.05) is 0 Å². The van der Waals surface area contributed by atoms with Gasteiger partial charge in [-0.15, -0.1) is 0 Å². The third kappa shape index (κ3) is 1.93. The van der Waals surface area contributed by atoms with E-state index in [0.29, 0.717) is 6.42 Å². The van der Waals surface area contributed by atoms with Gasteiger partial charge in [0.15, 0.2) is 0 Å². The van der Waals surface area contributed by atoms with Crippen LogP contribution in [0.2, 0.25) is 0 Å². The molecule has 1 saturated heterocycles. The molecule has 1 heterocycles. The molecule has 2 rings (SSSR count). The van der Waals surface area contributed by atoms with Crippen LogP contribution in [0.5, 0.6) is 0 Å². The average molecular weight is 197 g/mol. The molecule has 0 aromatic heterocycles. The molecule has 1 unspecified atom stereocenters. The van der Waals surface area contributed by atoms with Gasteiger partial charge >= 0.3 is 0 Å². The highest BCUT2D eigenvalue weighted by Gasteiger charge is 2.31. The van der Waals surface area contributed by atoms with Crippen molar-refractivity contribution >= 4 is 0 Å². The maximum Gasteiger partial charge on any atom is 0.126 e. The molecule has 1 aliphatic heterocycles. The fraction of sp³-hybridized carbons (Fsp3) is 0.455. The standard InChI is InChI=1S/C11H13F2N/c1-11(2-3-14-11)7-8-4-9(12)6-10(13)5-8/h4-6,14H,2-3,7H2,1H3. The number of hydrogen-bond donors (Lipinski definition) is 1. The Labute approximate surface area is 82.1 Å². The molecule has 1 atom stereocenters. The van der Waals surface area contributed by atoms with E-state index >= 15 is 0 Å². The van der Waals surface area contributed by atoms with E-state index in [4.69, 9.17) is 0 Å². The summed E-state index contributed by atoms with van der Waals surface area (Å²) in [5.74, 6) is -0.995. The van der Waals surface area contributed by atoms with E-state index in [1.807, 2.05) is 0 Å². The molecule has 1 aromatic rings. The van der Waals surface area contributed by atoms with Crippen LogP contribution in [-0.4, -0.2) is 12.1 Å². The second-order valence-electron chi connectivity index (χ2n) is 4.19. The molecule has 1 fully saturated rings. The Morgan fingerprint density at radius 2 is 1.86 bits per heavy atom. The van der Waals surface area contributed by atoms with E-state index in [2.05, 4.69) is 12.2 Å². The van der Waals surface area contributed by atoms with Crippen LogP contribution in [-0.2, 0) is 6.42 Å². The van der Waals surface area contributed by atoms with E-state index in [-0.39, 0.29) is 5.54 Å². The highest BCUT2D eigenvalue weighted by atomic mass is 19.1. The number of halogens is 2. The normalized spacial score (nSPS) is 25.9. The molecule has 14 heavy (non-hydrogen) atoms. The molecular formula is C11H13F2N. The molecular weight excluding hydrogens is 184 g/mol. The Bertz CT molecular complexity index is 325. The lowest BCUT2D eigenvalue weighted by Crippen LogP contribution is -2.55. The SMILES string of the molecule is CC1(Cc2cc(F)cc(F)c2)CCN1. The predicted octanol–water partition coefficient (Wildman–Crippen LogP) is 2.26. The Hall–Kier alpha value is -0.960. The van der Waals surface area contributed by atoms with Crippen LogP contribution in [0.4, 0.5) is 8.78 Å². The minimum atomic E-state index is -0.497. The maximum atomic E-state index is 12.9. The molecule has 3 heteroatoms. The van der Waals surface area contributed by atoms with Crippen LogP contribution in [0.1, 0.15) is 18.9 Å². The predicted molar refractivity (Wildman–Crippen MR) is 51.1 cm³/mol. The van der Waals surface area contributed by atoms with E-state index in [0.717, 1.165) is 24.6 Å². The summed E-state index contributed by atoms with van der Waals surface area (Å²) in [6.45, 7) is 3.06. The molecule has 76 valence electrons. The van der Waals surface area contributed by atoms with E-state index < -0.39 is 11.6 Å². The zero-order valence-electron chi connectivity index (χ0n) is 8.11. The monoisotopic (exact) mass is 197 g/mol. The van der Waals surface area contributed by atoms with Crippen molar-refractivity contribution in [3.8, 4) is 0 Å². The first-order valence-electron chi connectivity index (χ1n) is 4.77. The second kappa shape index (κ2) is 3.31. The number of rotatable bonds is 2. The Morgan fingerprint density at radius 1 is 1.29 bits per heavy atom. The first kappa shape index (κ1) is 9.59. The first-order chi connectivity index (χ1) is 6.57. The molecule has 0 radical (unpaired) electrons. The van der Waals surface area contributed by atoms with Crippen LogP contribution < -0.4 is 5.32 Å². The lowest BCUT2D eigenvalue weighted by Gasteiger charge is -2.40. The maximum absolute atomic E-state index is 12.9. The van der Waals surface area contributed by atoms with E-state index in [1.165, 1.54) is 12.1 Å². The minimum Gasteiger partial charge on any atom is -0.311 e. The van der Waals surface area contributed by atoms with Crippen LogP contribution in [0.25, 0.3) is 0 Å². The topological polar surface area (TPSA) is 12.0 Å². The van der Waals surface area contributed by atoms with Gasteiger partial charge in [-0.25, -0.2) is 8.78 Å². The van der Waals surface area contributed by atoms with Crippen molar-refractivity contribution in [2.75, 3.05) is 6.54 Å². The lowest BCUT2D eigenvalue weighted by molar-refractivity contribution is 0.231. The van der Waals surface area contributed by atoms with Crippen LogP contribution in [0.15, 0.2) is 18.2 Å². The van der Waals surface area contributed by atoms with Crippen LogP contribution >= 0.6 is 0 Å². The van der Waals surface area contributed by atoms with Gasteiger partial charge in [0.05, 0.1) is 0 Å². The molecule has 1 aromatic carbocycles. The molecule has 0 amide bonds. The fourth-order valence-corrected chi connectivity index (χ4v) is 1.87. The minimum absolute atomic E-state index is 0.0280. The summed E-state index contributed by atoms with van der Waals surface area (Å²) in [6, 6.07) is 3.70. The van der Waals surface area contributed by atoms with Gasteiger partial charge in [0.2, 0.25) is 0 Å². The van der Waals surface area contributed by atoms with Crippen molar-refractivity contribution in [1.29, 1.82) is 0 Å². The van der Waals surface area contributed by atoms with Gasteiger partial charge in [0.25, 0.3) is 0 Å². The fourth-order valence-electron chi connectivity index (χ4n) is 1.87. The Balaban J connectivity index is 2.16. The molecule has 1 nitrogen and oxygen atoms in total. The van der Waals surface area contributed by atoms with Gasteiger partial charge in [0, 0.05) is 11.6 Å². The summed E-state index contributed by atoms with van der Waals surface area (Å²) in [5, 5.41) is 3.26. The quantitative estimate of drug-likeness (QED) is 0.766. The van der Waals surface area contributed by atoms with Gasteiger partial charge in [-0.05, 0) is 44.0 Å². The zero-order valence-corrected chi connectivity index (χ0v) is 8.11. The van der Waals surface area contributed by atoms with Crippen molar-refractivity contribution < 1.29 is 8.78 Å². The molecule has 0 aliphatic carbocycles. The van der Waals surface area contributed by atoms with E-state index in [1.54, 1.807) is 0 Å². The summed E-state index contributed by atoms with van der Waals surface area (Å²) in [4.78, 5) is 0. The third-order valence-corrected chi connectivity index (χ3v) is 2.75. The van der Waals surface area contributed by atoms with Crippen molar-refractivity contribution in [1.82, 2.24) is 5.32 Å². The first-order valence-corrected chi connectivity index (χ1v) is 4.77. The molecule has 0 saturated carbocycles. The lowest BCUT2D eigenvalue weighted by atomic mass is 9.84. The second-order valence-corrected chi connectivity index (χ2v) is 4.19. The van der Waals surface area contributed by atoms with Crippen molar-refractivity contribution in [3.05, 3.63) is 35.4 Å². The third-order valence-electron chi connectivity index (χ3n) is 2.75. The van der Waals surface area contributed by atoms with Gasteiger partial charge < -0.3 is 5.32 Å². The number of benzene rings is 1. The zero-order chi connectivity index (χ0) is 10.2. The molecule has 0 bridgehead atoms. The average Bonchev–Trinajstić information content (AvgIpc) is 1.99. The van der Waals surface area contributed by atoms with Crippen molar-refractivity contribution in [2.24, 2.45) is 0 Å². The van der Waals surface area contributed by atoms with Gasteiger partial charge in [-0.3, -0.25) is 0 Å². The van der Waals surface area contributed by atoms with E-state index in [9.17, 15) is 8.78 Å². The summed E-state index contributed by atoms with van der Waals surface area (Å²) in [5.41, 5.74) is 0.748. The van der Waals surface area contributed by atoms with Gasteiger partial charge in [-0.2, -0.15) is 0 Å². The Kier molecular flexibility index (Phi) is 2.27. The Morgan fingerprint density at radius 3 is 2.29 bits per heavy atom. The van der Waals surface area contributed by atoms with Crippen molar-refractivity contribution in [3.63, 3.8) is 0 Å². The van der Waals surface area contributed by atoms with Crippen LogP contribution in [0, 0.1) is 11.6 Å². The highest BCUT2D eigenvalue weighted by molar-refractivity contribution is 5.21. The van der Waals surface area contributed by atoms with Crippen molar-refractivity contribution in [2.45, 2.75) is 25.3 Å². The largest absolute Gasteiger partial charge is 0.311 e. The van der Waals surface area contributed by atoms with Gasteiger partial charge in [0.1, 0.15) is 11.6 Å². The summed E-state index contributed by atoms with van der Waals surface area (Å²) in [7, 11) is 0. The van der Waals surface area contributed by atoms with Crippen LogP contribution in [0.3, 0.4) is 0 Å². The summed E-state index contributed by atoms with van der Waals surface area (Å²) in [6.07, 6.45) is 1.74. The molecule has 1 aliphatic rings. The summed E-state index contributed by atoms with van der Waals surface area (Å²) < 4.78 is 25.7. The summed E-state index contributed by atoms with van der Waals surface area (Å²) >= 11 is 0. The molecule has 0 spiro atoms. The highest BCUT2D eigenvalue weighted by Crippen LogP contribution is 2.23. The number of nitrogens with one attached hydrogen (secondary N) is 1. The number of hydrogen-bond acceptors (Lipinski definition) is 1. The molecule has 1 N–H and O–H groups in total. The smallest absolute Gasteiger partial charge is 0.126 e.